The Labute approximate surface area is 105 Å². The summed E-state index contributed by atoms with van der Waals surface area (Å²) in [6, 6.07) is 4.53. The first-order valence-electron chi connectivity index (χ1n) is 5.30. The van der Waals surface area contributed by atoms with Gasteiger partial charge in [0.15, 0.2) is 9.84 Å². The summed E-state index contributed by atoms with van der Waals surface area (Å²) in [6.07, 6.45) is 0. The molecule has 0 aliphatic heterocycles. The van der Waals surface area contributed by atoms with Gasteiger partial charge in [0, 0.05) is 11.7 Å². The van der Waals surface area contributed by atoms with E-state index >= 15 is 0 Å². The topological polar surface area (TPSA) is 89.3 Å². The average molecular weight is 274 g/mol. The molecule has 0 aromatic heterocycles. The molecule has 0 spiro atoms. The summed E-state index contributed by atoms with van der Waals surface area (Å²) in [5.41, 5.74) is 5.72. The highest BCUT2D eigenvalue weighted by molar-refractivity contribution is 7.92. The summed E-state index contributed by atoms with van der Waals surface area (Å²) in [6.45, 7) is 1.55. The van der Waals surface area contributed by atoms with Crippen LogP contribution in [0.15, 0.2) is 24.3 Å². The molecule has 0 heterocycles. The van der Waals surface area contributed by atoms with Crippen molar-refractivity contribution in [3.05, 3.63) is 30.1 Å². The van der Waals surface area contributed by atoms with Crippen molar-refractivity contribution < 1.29 is 17.6 Å². The number of sulfone groups is 1. The van der Waals surface area contributed by atoms with Crippen molar-refractivity contribution in [1.29, 1.82) is 0 Å². The maximum absolute atomic E-state index is 12.6. The summed E-state index contributed by atoms with van der Waals surface area (Å²) in [4.78, 5) is 11.5. The second-order valence-corrected chi connectivity index (χ2v) is 6.20. The van der Waals surface area contributed by atoms with E-state index in [-0.39, 0.29) is 5.75 Å². The van der Waals surface area contributed by atoms with Gasteiger partial charge >= 0.3 is 0 Å². The number of nitrogens with one attached hydrogen (secondary N) is 1. The lowest BCUT2D eigenvalue weighted by Gasteiger charge is -2.08. The van der Waals surface area contributed by atoms with Crippen molar-refractivity contribution in [2.45, 2.75) is 13.0 Å². The highest BCUT2D eigenvalue weighted by atomic mass is 32.2. The summed E-state index contributed by atoms with van der Waals surface area (Å²) < 4.78 is 35.6. The summed E-state index contributed by atoms with van der Waals surface area (Å²) in [5, 5.41) is 2.37. The van der Waals surface area contributed by atoms with E-state index < -0.39 is 33.4 Å². The van der Waals surface area contributed by atoms with Crippen LogP contribution in [0.1, 0.15) is 6.92 Å². The fourth-order valence-corrected chi connectivity index (χ4v) is 2.78. The van der Waals surface area contributed by atoms with E-state index in [1.807, 2.05) is 0 Å². The van der Waals surface area contributed by atoms with Crippen LogP contribution in [-0.4, -0.2) is 31.9 Å². The fraction of sp³-hybridized carbons (Fsp3) is 0.364. The number of halogens is 1. The lowest BCUT2D eigenvalue weighted by atomic mass is 10.3. The standard InChI is InChI=1S/C11H15FN2O3S/c1-8(13)6-18(16,17)7-11(15)14-10-4-2-9(12)3-5-10/h2-5,8H,6-7,13H2,1H3,(H,14,15). The molecule has 0 radical (unpaired) electrons. The second-order valence-electron chi connectivity index (χ2n) is 4.09. The fourth-order valence-electron chi connectivity index (χ4n) is 1.39. The Hall–Kier alpha value is -1.47. The van der Waals surface area contributed by atoms with Crippen LogP contribution in [0.3, 0.4) is 0 Å². The van der Waals surface area contributed by atoms with Crippen LogP contribution in [0, 0.1) is 5.82 Å². The number of benzene rings is 1. The number of amides is 1. The summed E-state index contributed by atoms with van der Waals surface area (Å²) in [5.74, 6) is -1.98. The molecule has 0 saturated carbocycles. The summed E-state index contributed by atoms with van der Waals surface area (Å²) in [7, 11) is -3.52. The number of rotatable bonds is 5. The molecule has 0 aliphatic carbocycles. The van der Waals surface area contributed by atoms with Crippen LogP contribution in [0.5, 0.6) is 0 Å². The monoisotopic (exact) mass is 274 g/mol. The van der Waals surface area contributed by atoms with Crippen LogP contribution in [-0.2, 0) is 14.6 Å². The number of nitrogens with two attached hydrogens (primary N) is 1. The van der Waals surface area contributed by atoms with Crippen LogP contribution in [0.4, 0.5) is 10.1 Å². The van der Waals surface area contributed by atoms with Crippen molar-refractivity contribution in [2.75, 3.05) is 16.8 Å². The van der Waals surface area contributed by atoms with Gasteiger partial charge < -0.3 is 11.1 Å². The normalized spacial score (nSPS) is 13.1. The van der Waals surface area contributed by atoms with Gasteiger partial charge in [0.2, 0.25) is 5.91 Å². The van der Waals surface area contributed by atoms with E-state index in [0.29, 0.717) is 5.69 Å². The number of hydrogen-bond donors (Lipinski definition) is 2. The Morgan fingerprint density at radius 2 is 1.94 bits per heavy atom. The van der Waals surface area contributed by atoms with E-state index in [9.17, 15) is 17.6 Å². The third-order valence-electron chi connectivity index (χ3n) is 2.00. The molecule has 1 amide bonds. The van der Waals surface area contributed by atoms with Gasteiger partial charge in [-0.2, -0.15) is 0 Å². The number of hydrogen-bond acceptors (Lipinski definition) is 4. The first-order chi connectivity index (χ1) is 8.28. The Morgan fingerprint density at radius 3 is 2.44 bits per heavy atom. The van der Waals surface area contributed by atoms with Gasteiger partial charge in [0.05, 0.1) is 5.75 Å². The van der Waals surface area contributed by atoms with E-state index in [2.05, 4.69) is 5.32 Å². The molecule has 1 rings (SSSR count). The molecule has 18 heavy (non-hydrogen) atoms. The molecule has 7 heteroatoms. The quantitative estimate of drug-likeness (QED) is 0.819. The van der Waals surface area contributed by atoms with E-state index in [1.165, 1.54) is 24.3 Å². The average Bonchev–Trinajstić information content (AvgIpc) is 2.18. The smallest absolute Gasteiger partial charge is 0.239 e. The Kier molecular flexibility index (Phi) is 4.80. The molecule has 100 valence electrons. The first-order valence-corrected chi connectivity index (χ1v) is 7.12. The predicted molar refractivity (Wildman–Crippen MR) is 67.3 cm³/mol. The second kappa shape index (κ2) is 5.92. The SMILES string of the molecule is CC(N)CS(=O)(=O)CC(=O)Nc1ccc(F)cc1. The predicted octanol–water partition coefficient (Wildman–Crippen LogP) is 0.526. The highest BCUT2D eigenvalue weighted by Gasteiger charge is 2.18. The van der Waals surface area contributed by atoms with Gasteiger partial charge in [-0.05, 0) is 31.2 Å². The molecule has 0 fully saturated rings. The molecular formula is C11H15FN2O3S. The maximum atomic E-state index is 12.6. The molecular weight excluding hydrogens is 259 g/mol. The Balaban J connectivity index is 2.59. The minimum absolute atomic E-state index is 0.246. The number of anilines is 1. The molecule has 0 saturated heterocycles. The minimum Gasteiger partial charge on any atom is -0.327 e. The van der Waals surface area contributed by atoms with E-state index in [0.717, 1.165) is 0 Å². The third kappa shape index (κ3) is 5.24. The van der Waals surface area contributed by atoms with Crippen molar-refractivity contribution in [2.24, 2.45) is 5.73 Å². The maximum Gasteiger partial charge on any atom is 0.239 e. The molecule has 3 N–H and O–H groups in total. The van der Waals surface area contributed by atoms with Gasteiger partial charge in [-0.3, -0.25) is 4.79 Å². The van der Waals surface area contributed by atoms with Crippen LogP contribution in [0.2, 0.25) is 0 Å². The lowest BCUT2D eigenvalue weighted by molar-refractivity contribution is -0.113. The highest BCUT2D eigenvalue weighted by Crippen LogP contribution is 2.08. The van der Waals surface area contributed by atoms with E-state index in [1.54, 1.807) is 6.92 Å². The van der Waals surface area contributed by atoms with Crippen molar-refractivity contribution >= 4 is 21.4 Å². The van der Waals surface area contributed by atoms with Gasteiger partial charge in [-0.15, -0.1) is 0 Å². The molecule has 1 aromatic carbocycles. The largest absolute Gasteiger partial charge is 0.327 e. The number of carbonyl (C=O) groups excluding carboxylic acids is 1. The molecule has 0 aliphatic rings. The van der Waals surface area contributed by atoms with Gasteiger partial charge in [0.1, 0.15) is 11.6 Å². The molecule has 1 unspecified atom stereocenters. The Bertz CT molecular complexity index is 512. The van der Waals surface area contributed by atoms with E-state index in [4.69, 9.17) is 5.73 Å². The van der Waals surface area contributed by atoms with Gasteiger partial charge in [-0.1, -0.05) is 0 Å². The minimum atomic E-state index is -3.52. The zero-order valence-corrected chi connectivity index (χ0v) is 10.7. The lowest BCUT2D eigenvalue weighted by Crippen LogP contribution is -2.32. The van der Waals surface area contributed by atoms with Gasteiger partial charge in [0.25, 0.3) is 0 Å². The zero-order chi connectivity index (χ0) is 13.8. The summed E-state index contributed by atoms with van der Waals surface area (Å²) >= 11 is 0. The molecule has 1 aromatic rings. The van der Waals surface area contributed by atoms with Crippen LogP contribution in [0.25, 0.3) is 0 Å². The molecule has 1 atom stereocenters. The first kappa shape index (κ1) is 14.6. The van der Waals surface area contributed by atoms with Crippen molar-refractivity contribution in [3.63, 3.8) is 0 Å². The van der Waals surface area contributed by atoms with Crippen molar-refractivity contribution in [3.8, 4) is 0 Å². The Morgan fingerprint density at radius 1 is 1.39 bits per heavy atom. The molecule has 0 bridgehead atoms. The molecule has 5 nitrogen and oxygen atoms in total. The third-order valence-corrected chi connectivity index (χ3v) is 3.73. The van der Waals surface area contributed by atoms with Crippen LogP contribution < -0.4 is 11.1 Å². The zero-order valence-electron chi connectivity index (χ0n) is 9.89. The van der Waals surface area contributed by atoms with Crippen LogP contribution >= 0.6 is 0 Å². The number of carbonyl (C=O) groups is 1. The van der Waals surface area contributed by atoms with Crippen molar-refractivity contribution in [1.82, 2.24) is 0 Å². The van der Waals surface area contributed by atoms with Gasteiger partial charge in [-0.25, -0.2) is 12.8 Å².